The Morgan fingerprint density at radius 3 is 2.42 bits per heavy atom. The fourth-order valence-corrected chi connectivity index (χ4v) is 2.12. The summed E-state index contributed by atoms with van der Waals surface area (Å²) < 4.78 is 6.73. The first kappa shape index (κ1) is 14.3. The van der Waals surface area contributed by atoms with Crippen molar-refractivity contribution < 1.29 is 9.84 Å². The highest BCUT2D eigenvalue weighted by Gasteiger charge is 2.12. The molecule has 0 spiro atoms. The molecule has 3 nitrogen and oxygen atoms in total. The van der Waals surface area contributed by atoms with Gasteiger partial charge in [-0.15, -0.1) is 0 Å². The first-order valence-electron chi connectivity index (χ1n) is 6.11. The molecule has 100 valence electrons. The highest BCUT2D eigenvalue weighted by molar-refractivity contribution is 14.1. The molecule has 0 fully saturated rings. The van der Waals surface area contributed by atoms with Crippen LogP contribution >= 0.6 is 22.6 Å². The average Bonchev–Trinajstić information content (AvgIpc) is 2.38. The van der Waals surface area contributed by atoms with E-state index >= 15 is 0 Å². The number of hydrogen-bond acceptors (Lipinski definition) is 3. The lowest BCUT2D eigenvalue weighted by atomic mass is 10.0. The Bertz CT molecular complexity index is 540. The summed E-state index contributed by atoms with van der Waals surface area (Å²) in [4.78, 5) is 4.12. The quantitative estimate of drug-likeness (QED) is 0.839. The van der Waals surface area contributed by atoms with Crippen LogP contribution in [0.25, 0.3) is 0 Å². The van der Waals surface area contributed by atoms with Gasteiger partial charge >= 0.3 is 0 Å². The molecule has 1 atom stereocenters. The Labute approximate surface area is 126 Å². The summed E-state index contributed by atoms with van der Waals surface area (Å²) in [5.74, 6) is 0.678. The fraction of sp³-hybridized carbons (Fsp3) is 0.267. The minimum atomic E-state index is -0.680. The van der Waals surface area contributed by atoms with Crippen LogP contribution in [0.15, 0.2) is 42.7 Å². The molecule has 4 heteroatoms. The highest BCUT2D eigenvalue weighted by atomic mass is 127. The molecule has 1 aromatic heterocycles. The van der Waals surface area contributed by atoms with Gasteiger partial charge in [-0.1, -0.05) is 12.1 Å². The van der Waals surface area contributed by atoms with Crippen molar-refractivity contribution in [2.75, 3.05) is 0 Å². The Morgan fingerprint density at radius 2 is 1.79 bits per heavy atom. The van der Waals surface area contributed by atoms with Crippen LogP contribution in [0.5, 0.6) is 5.75 Å². The third kappa shape index (κ3) is 3.91. The van der Waals surface area contributed by atoms with Crippen molar-refractivity contribution in [2.24, 2.45) is 0 Å². The first-order valence-corrected chi connectivity index (χ1v) is 7.19. The Hall–Kier alpha value is -1.14. The molecule has 0 amide bonds. The van der Waals surface area contributed by atoms with Crippen LogP contribution in [-0.4, -0.2) is 16.2 Å². The normalized spacial score (nSPS) is 12.5. The minimum absolute atomic E-state index is 0.0903. The molecule has 1 aromatic carbocycles. The summed E-state index contributed by atoms with van der Waals surface area (Å²) >= 11 is 2.24. The second-order valence-corrected chi connectivity index (χ2v) is 5.82. The molecule has 1 N–H and O–H groups in total. The predicted octanol–water partition coefficient (Wildman–Crippen LogP) is 3.56. The van der Waals surface area contributed by atoms with E-state index in [2.05, 4.69) is 27.6 Å². The largest absolute Gasteiger partial charge is 0.489 e. The minimum Gasteiger partial charge on any atom is -0.489 e. The van der Waals surface area contributed by atoms with Crippen molar-refractivity contribution in [3.8, 4) is 5.75 Å². The number of ether oxygens (including phenoxy) is 1. The van der Waals surface area contributed by atoms with Crippen LogP contribution in [0.4, 0.5) is 0 Å². The maximum absolute atomic E-state index is 10.3. The van der Waals surface area contributed by atoms with Gasteiger partial charge in [0.25, 0.3) is 0 Å². The molecule has 0 bridgehead atoms. The molecule has 0 radical (unpaired) electrons. The van der Waals surface area contributed by atoms with Crippen LogP contribution in [0, 0.1) is 3.57 Å². The van der Waals surface area contributed by atoms with Gasteiger partial charge in [-0.2, -0.15) is 0 Å². The lowest BCUT2D eigenvalue weighted by Gasteiger charge is -2.14. The summed E-state index contributed by atoms with van der Waals surface area (Å²) in [5.41, 5.74) is 1.59. The van der Waals surface area contributed by atoms with Crippen molar-refractivity contribution in [1.29, 1.82) is 0 Å². The molecule has 0 aliphatic carbocycles. The van der Waals surface area contributed by atoms with Gasteiger partial charge in [-0.25, -0.2) is 0 Å². The molecule has 2 aromatic rings. The van der Waals surface area contributed by atoms with E-state index in [1.807, 2.05) is 44.2 Å². The van der Waals surface area contributed by atoms with Gasteiger partial charge in [-0.3, -0.25) is 4.98 Å². The van der Waals surface area contributed by atoms with Gasteiger partial charge < -0.3 is 9.84 Å². The lowest BCUT2D eigenvalue weighted by Crippen LogP contribution is -2.07. The molecule has 0 aliphatic heterocycles. The highest BCUT2D eigenvalue weighted by Crippen LogP contribution is 2.25. The smallest absolute Gasteiger partial charge is 0.138 e. The van der Waals surface area contributed by atoms with Crippen LogP contribution < -0.4 is 4.74 Å². The monoisotopic (exact) mass is 369 g/mol. The van der Waals surface area contributed by atoms with E-state index in [1.165, 1.54) is 0 Å². The summed E-state index contributed by atoms with van der Waals surface area (Å²) in [7, 11) is 0. The molecular formula is C15H16INO2. The molecule has 0 saturated carbocycles. The number of benzene rings is 1. The summed E-state index contributed by atoms with van der Waals surface area (Å²) in [6.07, 6.45) is 2.73. The van der Waals surface area contributed by atoms with E-state index in [9.17, 15) is 5.11 Å². The molecule has 1 unspecified atom stereocenters. The number of aliphatic hydroxyl groups excluding tert-OH is 1. The van der Waals surface area contributed by atoms with E-state index in [0.29, 0.717) is 5.75 Å². The zero-order chi connectivity index (χ0) is 13.8. The standard InChI is InChI=1S/C15H16INO2/c1-10(2)19-14-7-12(8-17-9-14)15(18)11-3-5-13(16)6-4-11/h3-10,15,18H,1-2H3. The van der Waals surface area contributed by atoms with Gasteiger partial charge in [0.05, 0.1) is 12.3 Å². The van der Waals surface area contributed by atoms with E-state index in [4.69, 9.17) is 4.74 Å². The van der Waals surface area contributed by atoms with Crippen molar-refractivity contribution in [1.82, 2.24) is 4.98 Å². The Morgan fingerprint density at radius 1 is 1.11 bits per heavy atom. The van der Waals surface area contributed by atoms with Gasteiger partial charge in [0.1, 0.15) is 11.9 Å². The van der Waals surface area contributed by atoms with Crippen LogP contribution in [0.3, 0.4) is 0 Å². The fourth-order valence-electron chi connectivity index (χ4n) is 1.76. The van der Waals surface area contributed by atoms with Crippen molar-refractivity contribution in [2.45, 2.75) is 26.1 Å². The van der Waals surface area contributed by atoms with E-state index in [-0.39, 0.29) is 6.10 Å². The molecule has 19 heavy (non-hydrogen) atoms. The average molecular weight is 369 g/mol. The summed E-state index contributed by atoms with van der Waals surface area (Å²) in [6.45, 7) is 3.92. The molecule has 0 aliphatic rings. The Kier molecular flexibility index (Phi) is 4.76. The molecule has 0 saturated heterocycles. The maximum Gasteiger partial charge on any atom is 0.138 e. The number of aliphatic hydroxyl groups is 1. The number of nitrogens with zero attached hydrogens (tertiary/aromatic N) is 1. The third-order valence-corrected chi connectivity index (χ3v) is 3.33. The number of rotatable bonds is 4. The van der Waals surface area contributed by atoms with E-state index < -0.39 is 6.10 Å². The van der Waals surface area contributed by atoms with Crippen LogP contribution in [0.2, 0.25) is 0 Å². The predicted molar refractivity (Wildman–Crippen MR) is 83.2 cm³/mol. The van der Waals surface area contributed by atoms with Gasteiger partial charge in [0.2, 0.25) is 0 Å². The topological polar surface area (TPSA) is 42.4 Å². The van der Waals surface area contributed by atoms with Crippen molar-refractivity contribution in [3.05, 3.63) is 57.4 Å². The van der Waals surface area contributed by atoms with Crippen molar-refractivity contribution in [3.63, 3.8) is 0 Å². The summed E-state index contributed by atoms with van der Waals surface area (Å²) in [6, 6.07) is 9.61. The third-order valence-electron chi connectivity index (χ3n) is 2.61. The second-order valence-electron chi connectivity index (χ2n) is 4.57. The Balaban J connectivity index is 2.23. The second kappa shape index (κ2) is 6.34. The number of halogens is 1. The van der Waals surface area contributed by atoms with E-state index in [1.54, 1.807) is 12.4 Å². The van der Waals surface area contributed by atoms with Gasteiger partial charge in [0, 0.05) is 15.3 Å². The number of pyridine rings is 1. The molecule has 1 heterocycles. The first-order chi connectivity index (χ1) is 9.06. The lowest BCUT2D eigenvalue weighted by molar-refractivity contribution is 0.215. The van der Waals surface area contributed by atoms with Gasteiger partial charge in [0.15, 0.2) is 0 Å². The molecular weight excluding hydrogens is 353 g/mol. The zero-order valence-electron chi connectivity index (χ0n) is 10.9. The summed E-state index contributed by atoms with van der Waals surface area (Å²) in [5, 5.41) is 10.3. The molecule has 2 rings (SSSR count). The SMILES string of the molecule is CC(C)Oc1cncc(C(O)c2ccc(I)cc2)c1. The zero-order valence-corrected chi connectivity index (χ0v) is 13.0. The van der Waals surface area contributed by atoms with Gasteiger partial charge in [-0.05, 0) is 60.2 Å². The van der Waals surface area contributed by atoms with Crippen LogP contribution in [-0.2, 0) is 0 Å². The maximum atomic E-state index is 10.3. The number of hydrogen-bond donors (Lipinski definition) is 1. The van der Waals surface area contributed by atoms with Crippen LogP contribution in [0.1, 0.15) is 31.1 Å². The van der Waals surface area contributed by atoms with E-state index in [0.717, 1.165) is 14.7 Å². The number of aromatic nitrogens is 1. The van der Waals surface area contributed by atoms with Crippen molar-refractivity contribution >= 4 is 22.6 Å².